The molecule has 0 radical (unpaired) electrons. The third-order valence-electron chi connectivity index (χ3n) is 2.96. The maximum absolute atomic E-state index is 5.87. The number of fused-ring (bicyclic) bond motifs is 1. The Hall–Kier alpha value is -2.33. The first-order chi connectivity index (χ1) is 9.38. The van der Waals surface area contributed by atoms with Crippen molar-refractivity contribution in [2.45, 2.75) is 13.2 Å². The maximum Gasteiger partial charge on any atom is 0.146 e. The molecule has 0 amide bonds. The SMILES string of the molecule is NCc1cnc2ccccc2c1OCc1ccco1. The summed E-state index contributed by atoms with van der Waals surface area (Å²) < 4.78 is 11.1. The van der Waals surface area contributed by atoms with Gasteiger partial charge in [0.1, 0.15) is 18.1 Å². The third-order valence-corrected chi connectivity index (χ3v) is 2.96. The van der Waals surface area contributed by atoms with E-state index in [9.17, 15) is 0 Å². The van der Waals surface area contributed by atoms with Crippen LogP contribution in [0.2, 0.25) is 0 Å². The summed E-state index contributed by atoms with van der Waals surface area (Å²) in [6, 6.07) is 11.6. The smallest absolute Gasteiger partial charge is 0.146 e. The lowest BCUT2D eigenvalue weighted by Crippen LogP contribution is -2.04. The number of hydrogen-bond donors (Lipinski definition) is 1. The van der Waals surface area contributed by atoms with Crippen molar-refractivity contribution < 1.29 is 9.15 Å². The highest BCUT2D eigenvalue weighted by molar-refractivity contribution is 5.86. The van der Waals surface area contributed by atoms with Crippen molar-refractivity contribution in [3.63, 3.8) is 0 Å². The van der Waals surface area contributed by atoms with E-state index in [1.54, 1.807) is 12.5 Å². The van der Waals surface area contributed by atoms with Gasteiger partial charge in [0.2, 0.25) is 0 Å². The molecule has 0 saturated carbocycles. The lowest BCUT2D eigenvalue weighted by molar-refractivity contribution is 0.271. The summed E-state index contributed by atoms with van der Waals surface area (Å²) in [7, 11) is 0. The van der Waals surface area contributed by atoms with Gasteiger partial charge in [0.05, 0.1) is 11.8 Å². The highest BCUT2D eigenvalue weighted by atomic mass is 16.5. The fourth-order valence-electron chi connectivity index (χ4n) is 2.01. The standard InChI is InChI=1S/C15H14N2O2/c16-8-11-9-17-14-6-2-1-5-13(14)15(11)19-10-12-4-3-7-18-12/h1-7,9H,8,10,16H2. The second kappa shape index (κ2) is 5.12. The van der Waals surface area contributed by atoms with E-state index in [4.69, 9.17) is 14.9 Å². The Morgan fingerprint density at radius 1 is 1.16 bits per heavy atom. The van der Waals surface area contributed by atoms with E-state index in [0.29, 0.717) is 13.2 Å². The van der Waals surface area contributed by atoms with Crippen molar-refractivity contribution in [3.8, 4) is 5.75 Å². The molecule has 3 rings (SSSR count). The molecule has 0 unspecified atom stereocenters. The first-order valence-corrected chi connectivity index (χ1v) is 6.10. The third kappa shape index (κ3) is 2.30. The summed E-state index contributed by atoms with van der Waals surface area (Å²) in [5.74, 6) is 1.56. The summed E-state index contributed by atoms with van der Waals surface area (Å²) in [4.78, 5) is 4.37. The quantitative estimate of drug-likeness (QED) is 0.777. The Morgan fingerprint density at radius 2 is 2.05 bits per heavy atom. The second-order valence-electron chi connectivity index (χ2n) is 4.20. The van der Waals surface area contributed by atoms with Gasteiger partial charge in [0.25, 0.3) is 0 Å². The zero-order valence-corrected chi connectivity index (χ0v) is 10.4. The molecule has 0 aliphatic rings. The van der Waals surface area contributed by atoms with E-state index in [1.165, 1.54) is 0 Å². The van der Waals surface area contributed by atoms with E-state index in [1.807, 2.05) is 36.4 Å². The normalized spacial score (nSPS) is 10.8. The van der Waals surface area contributed by atoms with Gasteiger partial charge in [-0.05, 0) is 24.3 Å². The summed E-state index contributed by atoms with van der Waals surface area (Å²) in [6.45, 7) is 0.777. The minimum atomic E-state index is 0.383. The van der Waals surface area contributed by atoms with Gasteiger partial charge in [-0.25, -0.2) is 0 Å². The van der Waals surface area contributed by atoms with Crippen LogP contribution in [0.3, 0.4) is 0 Å². The molecule has 19 heavy (non-hydrogen) atoms. The number of nitrogens with zero attached hydrogens (tertiary/aromatic N) is 1. The molecule has 4 heteroatoms. The topological polar surface area (TPSA) is 61.3 Å². The van der Waals surface area contributed by atoms with Crippen LogP contribution >= 0.6 is 0 Å². The summed E-state index contributed by atoms with van der Waals surface area (Å²) in [6.07, 6.45) is 3.40. The van der Waals surface area contributed by atoms with E-state index >= 15 is 0 Å². The number of para-hydroxylation sites is 1. The molecule has 1 aromatic carbocycles. The van der Waals surface area contributed by atoms with Crippen LogP contribution in [0.25, 0.3) is 10.9 Å². The molecule has 2 aromatic heterocycles. The molecule has 4 nitrogen and oxygen atoms in total. The van der Waals surface area contributed by atoms with Gasteiger partial charge in [-0.15, -0.1) is 0 Å². The van der Waals surface area contributed by atoms with Crippen molar-refractivity contribution in [3.05, 3.63) is 60.2 Å². The highest BCUT2D eigenvalue weighted by Gasteiger charge is 2.09. The van der Waals surface area contributed by atoms with Gasteiger partial charge in [0, 0.05) is 23.7 Å². The molecular formula is C15H14N2O2. The van der Waals surface area contributed by atoms with Gasteiger partial charge < -0.3 is 14.9 Å². The van der Waals surface area contributed by atoms with Crippen LogP contribution in [-0.4, -0.2) is 4.98 Å². The Balaban J connectivity index is 1.99. The molecule has 0 fully saturated rings. The van der Waals surface area contributed by atoms with Crippen LogP contribution in [0.1, 0.15) is 11.3 Å². The maximum atomic E-state index is 5.87. The van der Waals surface area contributed by atoms with Crippen LogP contribution in [0.15, 0.2) is 53.3 Å². The van der Waals surface area contributed by atoms with Crippen LogP contribution in [0.4, 0.5) is 0 Å². The van der Waals surface area contributed by atoms with Crippen LogP contribution in [0, 0.1) is 0 Å². The number of furan rings is 1. The van der Waals surface area contributed by atoms with Gasteiger partial charge in [-0.2, -0.15) is 0 Å². The predicted octanol–water partition coefficient (Wildman–Crippen LogP) is 2.87. The predicted molar refractivity (Wildman–Crippen MR) is 72.7 cm³/mol. The summed E-state index contributed by atoms with van der Waals surface area (Å²) in [5, 5.41) is 0.969. The number of hydrogen-bond acceptors (Lipinski definition) is 4. The largest absolute Gasteiger partial charge is 0.485 e. The molecule has 3 aromatic rings. The molecule has 0 saturated heterocycles. The lowest BCUT2D eigenvalue weighted by atomic mass is 10.1. The highest BCUT2D eigenvalue weighted by Crippen LogP contribution is 2.28. The van der Waals surface area contributed by atoms with Gasteiger partial charge >= 0.3 is 0 Å². The minimum Gasteiger partial charge on any atom is -0.485 e. The Morgan fingerprint density at radius 3 is 2.84 bits per heavy atom. The van der Waals surface area contributed by atoms with Crippen molar-refractivity contribution in [2.75, 3.05) is 0 Å². The van der Waals surface area contributed by atoms with E-state index < -0.39 is 0 Å². The Bertz CT molecular complexity index is 678. The number of rotatable bonds is 4. The zero-order chi connectivity index (χ0) is 13.1. The monoisotopic (exact) mass is 254 g/mol. The number of nitrogens with two attached hydrogens (primary N) is 1. The van der Waals surface area contributed by atoms with Crippen molar-refractivity contribution in [1.29, 1.82) is 0 Å². The molecule has 0 atom stereocenters. The number of benzene rings is 1. The van der Waals surface area contributed by atoms with E-state index in [-0.39, 0.29) is 0 Å². The summed E-state index contributed by atoms with van der Waals surface area (Å²) in [5.41, 5.74) is 7.54. The second-order valence-corrected chi connectivity index (χ2v) is 4.20. The average molecular weight is 254 g/mol. The number of pyridine rings is 1. The van der Waals surface area contributed by atoms with E-state index in [2.05, 4.69) is 4.98 Å². The number of ether oxygens (including phenoxy) is 1. The molecule has 0 spiro atoms. The molecule has 2 N–H and O–H groups in total. The van der Waals surface area contributed by atoms with Crippen LogP contribution in [0.5, 0.6) is 5.75 Å². The minimum absolute atomic E-state index is 0.383. The Labute approximate surface area is 110 Å². The van der Waals surface area contributed by atoms with Gasteiger partial charge in [0.15, 0.2) is 0 Å². The first kappa shape index (κ1) is 11.7. The van der Waals surface area contributed by atoms with Crippen molar-refractivity contribution in [1.82, 2.24) is 4.98 Å². The fraction of sp³-hybridized carbons (Fsp3) is 0.133. The molecule has 2 heterocycles. The summed E-state index contributed by atoms with van der Waals surface area (Å²) >= 11 is 0. The number of aromatic nitrogens is 1. The average Bonchev–Trinajstić information content (AvgIpc) is 2.97. The molecule has 96 valence electrons. The molecule has 0 bridgehead atoms. The van der Waals surface area contributed by atoms with E-state index in [0.717, 1.165) is 28.0 Å². The van der Waals surface area contributed by atoms with Crippen LogP contribution in [-0.2, 0) is 13.2 Å². The first-order valence-electron chi connectivity index (χ1n) is 6.10. The Kier molecular flexibility index (Phi) is 3.16. The zero-order valence-electron chi connectivity index (χ0n) is 10.4. The van der Waals surface area contributed by atoms with Crippen molar-refractivity contribution >= 4 is 10.9 Å². The van der Waals surface area contributed by atoms with Crippen LogP contribution < -0.4 is 10.5 Å². The van der Waals surface area contributed by atoms with Gasteiger partial charge in [-0.1, -0.05) is 12.1 Å². The lowest BCUT2D eigenvalue weighted by Gasteiger charge is -2.12. The fourth-order valence-corrected chi connectivity index (χ4v) is 2.01. The molecule has 0 aliphatic carbocycles. The molecular weight excluding hydrogens is 240 g/mol. The van der Waals surface area contributed by atoms with Crippen molar-refractivity contribution in [2.24, 2.45) is 5.73 Å². The molecule has 0 aliphatic heterocycles. The van der Waals surface area contributed by atoms with Gasteiger partial charge in [-0.3, -0.25) is 4.98 Å².